The van der Waals surface area contributed by atoms with Crippen molar-refractivity contribution in [3.8, 4) is 5.75 Å². The lowest BCUT2D eigenvalue weighted by Crippen LogP contribution is -2.19. The van der Waals surface area contributed by atoms with Crippen molar-refractivity contribution in [3.63, 3.8) is 0 Å². The Labute approximate surface area is 124 Å². The van der Waals surface area contributed by atoms with Crippen molar-refractivity contribution in [1.82, 2.24) is 9.78 Å². The minimum atomic E-state index is -0.162. The Balaban J connectivity index is 2.14. The molecule has 1 aromatic carbocycles. The quantitative estimate of drug-likeness (QED) is 0.890. The third-order valence-electron chi connectivity index (χ3n) is 3.23. The summed E-state index contributed by atoms with van der Waals surface area (Å²) in [6.45, 7) is 2.94. The van der Waals surface area contributed by atoms with Gasteiger partial charge in [-0.2, -0.15) is 5.10 Å². The zero-order valence-electron chi connectivity index (χ0n) is 11.8. The van der Waals surface area contributed by atoms with Crippen LogP contribution in [0.1, 0.15) is 30.6 Å². The monoisotopic (exact) mass is 293 g/mol. The van der Waals surface area contributed by atoms with Gasteiger partial charge in [0.1, 0.15) is 5.75 Å². The van der Waals surface area contributed by atoms with E-state index >= 15 is 0 Å². The third-order valence-corrected chi connectivity index (χ3v) is 3.53. The van der Waals surface area contributed by atoms with Gasteiger partial charge in [0.2, 0.25) is 0 Å². The number of aromatic nitrogens is 2. The van der Waals surface area contributed by atoms with Gasteiger partial charge in [0.25, 0.3) is 0 Å². The topological polar surface area (TPSA) is 53.1 Å². The van der Waals surface area contributed by atoms with Crippen LogP contribution in [-0.4, -0.2) is 16.9 Å². The van der Waals surface area contributed by atoms with Crippen molar-refractivity contribution in [2.24, 2.45) is 5.73 Å². The standard InChI is InChI=1S/C15H20ClN3O/c1-3-8-19-15(13(16)10-18-19)14(17)9-11-4-6-12(20-2)7-5-11/h4-7,10,14H,3,8-9,17H2,1-2H3. The van der Waals surface area contributed by atoms with Crippen LogP contribution in [0.4, 0.5) is 0 Å². The summed E-state index contributed by atoms with van der Waals surface area (Å²) in [5, 5.41) is 4.92. The van der Waals surface area contributed by atoms with E-state index in [0.717, 1.165) is 36.4 Å². The van der Waals surface area contributed by atoms with Crippen LogP contribution in [-0.2, 0) is 13.0 Å². The first-order chi connectivity index (χ1) is 9.65. The first kappa shape index (κ1) is 14.9. The van der Waals surface area contributed by atoms with Crippen molar-refractivity contribution >= 4 is 11.6 Å². The third kappa shape index (κ3) is 3.32. The van der Waals surface area contributed by atoms with E-state index < -0.39 is 0 Å². The minimum Gasteiger partial charge on any atom is -0.497 e. The zero-order valence-corrected chi connectivity index (χ0v) is 12.6. The summed E-state index contributed by atoms with van der Waals surface area (Å²) in [4.78, 5) is 0. The molecule has 5 heteroatoms. The number of rotatable bonds is 6. The molecule has 2 N–H and O–H groups in total. The maximum atomic E-state index is 6.30. The number of aryl methyl sites for hydroxylation is 1. The fourth-order valence-electron chi connectivity index (χ4n) is 2.24. The number of hydrogen-bond acceptors (Lipinski definition) is 3. The Kier molecular flexibility index (Phi) is 5.04. The number of halogens is 1. The van der Waals surface area contributed by atoms with Crippen LogP contribution in [0.3, 0.4) is 0 Å². The highest BCUT2D eigenvalue weighted by molar-refractivity contribution is 6.31. The molecule has 0 amide bonds. The van der Waals surface area contributed by atoms with Gasteiger partial charge >= 0.3 is 0 Å². The van der Waals surface area contributed by atoms with E-state index in [-0.39, 0.29) is 6.04 Å². The summed E-state index contributed by atoms with van der Waals surface area (Å²) in [5.74, 6) is 0.844. The Bertz CT molecular complexity index is 551. The van der Waals surface area contributed by atoms with Crippen molar-refractivity contribution in [2.75, 3.05) is 7.11 Å². The van der Waals surface area contributed by atoms with Gasteiger partial charge in [-0.1, -0.05) is 30.7 Å². The van der Waals surface area contributed by atoms with Gasteiger partial charge < -0.3 is 10.5 Å². The van der Waals surface area contributed by atoms with Crippen LogP contribution in [0, 0.1) is 0 Å². The fraction of sp³-hybridized carbons (Fsp3) is 0.400. The second-order valence-corrected chi connectivity index (χ2v) is 5.17. The molecular formula is C15H20ClN3O. The normalized spacial score (nSPS) is 12.4. The van der Waals surface area contributed by atoms with Crippen LogP contribution in [0.2, 0.25) is 5.02 Å². The van der Waals surface area contributed by atoms with Gasteiger partial charge in [0, 0.05) is 6.54 Å². The lowest BCUT2D eigenvalue weighted by atomic mass is 10.0. The Morgan fingerprint density at radius 2 is 2.05 bits per heavy atom. The molecule has 2 aromatic rings. The van der Waals surface area contributed by atoms with Gasteiger partial charge in [-0.05, 0) is 30.5 Å². The molecule has 0 fully saturated rings. The Morgan fingerprint density at radius 1 is 1.35 bits per heavy atom. The van der Waals surface area contributed by atoms with Crippen LogP contribution in [0.25, 0.3) is 0 Å². The molecule has 0 aliphatic rings. The smallest absolute Gasteiger partial charge is 0.118 e. The van der Waals surface area contributed by atoms with Crippen LogP contribution in [0.5, 0.6) is 5.75 Å². The molecule has 108 valence electrons. The van der Waals surface area contributed by atoms with Gasteiger partial charge in [0.05, 0.1) is 30.1 Å². The second kappa shape index (κ2) is 6.77. The highest BCUT2D eigenvalue weighted by Gasteiger charge is 2.17. The maximum Gasteiger partial charge on any atom is 0.118 e. The molecule has 0 saturated carbocycles. The van der Waals surface area contributed by atoms with Gasteiger partial charge in [-0.3, -0.25) is 4.68 Å². The predicted octanol–water partition coefficient (Wildman–Crippen LogP) is 3.20. The van der Waals surface area contributed by atoms with E-state index in [4.69, 9.17) is 22.1 Å². The lowest BCUT2D eigenvalue weighted by Gasteiger charge is -2.15. The first-order valence-corrected chi connectivity index (χ1v) is 7.13. The fourth-order valence-corrected chi connectivity index (χ4v) is 2.52. The molecule has 0 aliphatic carbocycles. The summed E-state index contributed by atoms with van der Waals surface area (Å²) in [6, 6.07) is 7.75. The first-order valence-electron chi connectivity index (χ1n) is 6.75. The van der Waals surface area contributed by atoms with Crippen LogP contribution >= 0.6 is 11.6 Å². The largest absolute Gasteiger partial charge is 0.497 e. The molecule has 1 unspecified atom stereocenters. The number of hydrogen-bond donors (Lipinski definition) is 1. The molecule has 0 bridgehead atoms. The molecular weight excluding hydrogens is 274 g/mol. The Hall–Kier alpha value is -1.52. The number of nitrogens with zero attached hydrogens (tertiary/aromatic N) is 2. The summed E-state index contributed by atoms with van der Waals surface area (Å²) in [6.07, 6.45) is 3.39. The van der Waals surface area contributed by atoms with Crippen LogP contribution in [0.15, 0.2) is 30.5 Å². The van der Waals surface area contributed by atoms with Gasteiger partial charge in [0.15, 0.2) is 0 Å². The molecule has 0 saturated heterocycles. The highest BCUT2D eigenvalue weighted by atomic mass is 35.5. The van der Waals surface area contributed by atoms with Crippen molar-refractivity contribution in [2.45, 2.75) is 32.4 Å². The molecule has 20 heavy (non-hydrogen) atoms. The summed E-state index contributed by atoms with van der Waals surface area (Å²) >= 11 is 6.21. The van der Waals surface area contributed by atoms with Gasteiger partial charge in [-0.15, -0.1) is 0 Å². The predicted molar refractivity (Wildman–Crippen MR) is 81.2 cm³/mol. The second-order valence-electron chi connectivity index (χ2n) is 4.76. The van der Waals surface area contributed by atoms with Crippen molar-refractivity contribution < 1.29 is 4.74 Å². The average molecular weight is 294 g/mol. The SMILES string of the molecule is CCCn1ncc(Cl)c1C(N)Cc1ccc(OC)cc1. The molecule has 0 spiro atoms. The molecule has 1 aromatic heterocycles. The summed E-state index contributed by atoms with van der Waals surface area (Å²) in [5.41, 5.74) is 8.36. The van der Waals surface area contributed by atoms with Crippen LogP contribution < -0.4 is 10.5 Å². The summed E-state index contributed by atoms with van der Waals surface area (Å²) in [7, 11) is 1.66. The van der Waals surface area contributed by atoms with Crippen molar-refractivity contribution in [3.05, 3.63) is 46.7 Å². The number of benzene rings is 1. The lowest BCUT2D eigenvalue weighted by molar-refractivity contribution is 0.414. The molecule has 0 aliphatic heterocycles. The number of ether oxygens (including phenoxy) is 1. The molecule has 0 radical (unpaired) electrons. The van der Waals surface area contributed by atoms with E-state index in [1.54, 1.807) is 13.3 Å². The molecule has 4 nitrogen and oxygen atoms in total. The van der Waals surface area contributed by atoms with Gasteiger partial charge in [-0.25, -0.2) is 0 Å². The Morgan fingerprint density at radius 3 is 2.65 bits per heavy atom. The molecule has 1 atom stereocenters. The highest BCUT2D eigenvalue weighted by Crippen LogP contribution is 2.25. The van der Waals surface area contributed by atoms with E-state index in [9.17, 15) is 0 Å². The summed E-state index contributed by atoms with van der Waals surface area (Å²) < 4.78 is 7.05. The molecule has 2 rings (SSSR count). The number of methoxy groups -OCH3 is 1. The molecule has 1 heterocycles. The van der Waals surface area contributed by atoms with E-state index in [0.29, 0.717) is 5.02 Å². The van der Waals surface area contributed by atoms with E-state index in [2.05, 4.69) is 12.0 Å². The maximum absolute atomic E-state index is 6.30. The average Bonchev–Trinajstić information content (AvgIpc) is 2.81. The minimum absolute atomic E-state index is 0.162. The van der Waals surface area contributed by atoms with Crippen molar-refractivity contribution in [1.29, 1.82) is 0 Å². The number of nitrogens with two attached hydrogens (primary N) is 1. The zero-order chi connectivity index (χ0) is 14.5. The van der Waals surface area contributed by atoms with E-state index in [1.165, 1.54) is 0 Å². The van der Waals surface area contributed by atoms with E-state index in [1.807, 2.05) is 28.9 Å².